The first-order chi connectivity index (χ1) is 9.31. The van der Waals surface area contributed by atoms with Crippen molar-refractivity contribution in [3.05, 3.63) is 57.4 Å². The van der Waals surface area contributed by atoms with Gasteiger partial charge in [0.05, 0.1) is 0 Å². The van der Waals surface area contributed by atoms with Crippen molar-refractivity contribution >= 4 is 12.2 Å². The van der Waals surface area contributed by atoms with Gasteiger partial charge in [0.15, 0.2) is 4.77 Å². The van der Waals surface area contributed by atoms with Gasteiger partial charge in [-0.25, -0.2) is 0 Å². The molecule has 0 fully saturated rings. The SMILES string of the molecule is [N-]=[N+]=NCCC#Cc1ccc(-n2cc[nH]c2=S)cc1. The van der Waals surface area contributed by atoms with Crippen molar-refractivity contribution in [2.75, 3.05) is 6.54 Å². The fraction of sp³-hybridized carbons (Fsp3) is 0.154. The summed E-state index contributed by atoms with van der Waals surface area (Å²) in [7, 11) is 0. The number of H-pyrrole nitrogens is 1. The lowest BCUT2D eigenvalue weighted by molar-refractivity contribution is 1.01. The molecule has 0 aliphatic carbocycles. The van der Waals surface area contributed by atoms with E-state index in [1.807, 2.05) is 35.0 Å². The number of azide groups is 1. The first-order valence-corrected chi connectivity index (χ1v) is 6.08. The number of nitrogens with zero attached hydrogens (tertiary/aromatic N) is 4. The highest BCUT2D eigenvalue weighted by molar-refractivity contribution is 7.71. The van der Waals surface area contributed by atoms with Crippen LogP contribution < -0.4 is 0 Å². The van der Waals surface area contributed by atoms with Gasteiger partial charge < -0.3 is 4.98 Å². The van der Waals surface area contributed by atoms with Crippen LogP contribution in [0.3, 0.4) is 0 Å². The van der Waals surface area contributed by atoms with Crippen LogP contribution in [-0.4, -0.2) is 16.1 Å². The predicted molar refractivity (Wildman–Crippen MR) is 76.5 cm³/mol. The highest BCUT2D eigenvalue weighted by Gasteiger charge is 1.96. The van der Waals surface area contributed by atoms with Gasteiger partial charge in [-0.2, -0.15) is 0 Å². The maximum Gasteiger partial charge on any atom is 0.181 e. The third kappa shape index (κ3) is 3.49. The van der Waals surface area contributed by atoms with Crippen LogP contribution in [0.1, 0.15) is 12.0 Å². The fourth-order valence-electron chi connectivity index (χ4n) is 1.54. The molecule has 0 saturated carbocycles. The summed E-state index contributed by atoms with van der Waals surface area (Å²) in [6.07, 6.45) is 4.24. The van der Waals surface area contributed by atoms with Gasteiger partial charge in [0.1, 0.15) is 0 Å². The summed E-state index contributed by atoms with van der Waals surface area (Å²) in [5, 5.41) is 3.42. The second-order valence-electron chi connectivity index (χ2n) is 3.69. The van der Waals surface area contributed by atoms with Crippen molar-refractivity contribution in [1.82, 2.24) is 9.55 Å². The first-order valence-electron chi connectivity index (χ1n) is 5.67. The van der Waals surface area contributed by atoms with E-state index in [0.29, 0.717) is 17.7 Å². The molecule has 0 aliphatic rings. The molecule has 6 heteroatoms. The smallest absolute Gasteiger partial charge is 0.181 e. The van der Waals surface area contributed by atoms with Crippen LogP contribution in [0.15, 0.2) is 41.8 Å². The summed E-state index contributed by atoms with van der Waals surface area (Å²) >= 11 is 5.15. The van der Waals surface area contributed by atoms with E-state index in [4.69, 9.17) is 17.7 Å². The number of hydrogen-bond acceptors (Lipinski definition) is 2. The van der Waals surface area contributed by atoms with Gasteiger partial charge in [-0.1, -0.05) is 17.0 Å². The minimum absolute atomic E-state index is 0.403. The topological polar surface area (TPSA) is 69.5 Å². The van der Waals surface area contributed by atoms with E-state index >= 15 is 0 Å². The van der Waals surface area contributed by atoms with Crippen LogP contribution >= 0.6 is 12.2 Å². The monoisotopic (exact) mass is 269 g/mol. The number of benzene rings is 1. The Bertz CT molecular complexity index is 708. The minimum Gasteiger partial charge on any atom is -0.337 e. The first kappa shape index (κ1) is 13.0. The largest absolute Gasteiger partial charge is 0.337 e. The number of rotatable bonds is 3. The molecular formula is C13H11N5S. The molecule has 1 aromatic heterocycles. The van der Waals surface area contributed by atoms with E-state index < -0.39 is 0 Å². The Balaban J connectivity index is 2.09. The van der Waals surface area contributed by atoms with Crippen LogP contribution in [0.4, 0.5) is 0 Å². The zero-order chi connectivity index (χ0) is 13.5. The molecule has 2 aromatic rings. The molecule has 0 unspecified atom stereocenters. The molecule has 5 nitrogen and oxygen atoms in total. The van der Waals surface area contributed by atoms with Gasteiger partial charge in [0.25, 0.3) is 0 Å². The van der Waals surface area contributed by atoms with E-state index in [2.05, 4.69) is 26.9 Å². The number of aromatic nitrogens is 2. The predicted octanol–water partition coefficient (Wildman–Crippen LogP) is 3.59. The maximum atomic E-state index is 8.12. The van der Waals surface area contributed by atoms with Gasteiger partial charge in [-0.15, -0.1) is 0 Å². The van der Waals surface area contributed by atoms with Crippen LogP contribution in [0.25, 0.3) is 16.1 Å². The Morgan fingerprint density at radius 3 is 2.79 bits per heavy atom. The van der Waals surface area contributed by atoms with Gasteiger partial charge >= 0.3 is 0 Å². The van der Waals surface area contributed by atoms with Crippen molar-refractivity contribution < 1.29 is 0 Å². The molecule has 0 radical (unpaired) electrons. The zero-order valence-electron chi connectivity index (χ0n) is 10.1. The Hall–Kier alpha value is -2.48. The summed E-state index contributed by atoms with van der Waals surface area (Å²) in [4.78, 5) is 5.62. The molecule has 1 N–H and O–H groups in total. The Morgan fingerprint density at radius 1 is 1.37 bits per heavy atom. The Morgan fingerprint density at radius 2 is 2.16 bits per heavy atom. The molecule has 94 valence electrons. The maximum absolute atomic E-state index is 8.12. The van der Waals surface area contributed by atoms with Crippen LogP contribution in [-0.2, 0) is 0 Å². The second-order valence-corrected chi connectivity index (χ2v) is 4.08. The van der Waals surface area contributed by atoms with E-state index in [1.54, 1.807) is 6.20 Å². The van der Waals surface area contributed by atoms with E-state index in [0.717, 1.165) is 11.3 Å². The summed E-state index contributed by atoms with van der Waals surface area (Å²) in [5.74, 6) is 5.97. The van der Waals surface area contributed by atoms with Crippen molar-refractivity contribution in [1.29, 1.82) is 0 Å². The van der Waals surface area contributed by atoms with Gasteiger partial charge in [0, 0.05) is 41.5 Å². The number of nitrogens with one attached hydrogen (secondary N) is 1. The van der Waals surface area contributed by atoms with Crippen LogP contribution in [0.5, 0.6) is 0 Å². The molecule has 0 aliphatic heterocycles. The second kappa shape index (κ2) is 6.45. The standard InChI is InChI=1S/C13H11N5S/c14-17-16-8-2-1-3-11-4-6-12(7-5-11)18-10-9-15-13(18)19/h4-7,9-10H,2,8H2,(H,15,19). The lowest BCUT2D eigenvalue weighted by atomic mass is 10.2. The average Bonchev–Trinajstić information content (AvgIpc) is 2.86. The molecule has 0 atom stereocenters. The Kier molecular flexibility index (Phi) is 4.40. The highest BCUT2D eigenvalue weighted by Crippen LogP contribution is 2.09. The van der Waals surface area contributed by atoms with Gasteiger partial charge in [-0.05, 0) is 42.0 Å². The van der Waals surface area contributed by atoms with Gasteiger partial charge in [-0.3, -0.25) is 4.57 Å². The lowest BCUT2D eigenvalue weighted by Crippen LogP contribution is -1.91. The Labute approximate surface area is 115 Å². The molecule has 0 bridgehead atoms. The highest BCUT2D eigenvalue weighted by atomic mass is 32.1. The summed E-state index contributed by atoms with van der Waals surface area (Å²) in [6.45, 7) is 0.403. The van der Waals surface area contributed by atoms with Crippen LogP contribution in [0, 0.1) is 16.6 Å². The van der Waals surface area contributed by atoms with E-state index in [-0.39, 0.29) is 0 Å². The van der Waals surface area contributed by atoms with Crippen molar-refractivity contribution in [3.8, 4) is 17.5 Å². The molecule has 1 aromatic carbocycles. The number of hydrogen-bond donors (Lipinski definition) is 1. The van der Waals surface area contributed by atoms with Crippen molar-refractivity contribution in [3.63, 3.8) is 0 Å². The normalized spacial score (nSPS) is 9.26. The zero-order valence-corrected chi connectivity index (χ0v) is 10.9. The van der Waals surface area contributed by atoms with Crippen molar-refractivity contribution in [2.45, 2.75) is 6.42 Å². The molecule has 19 heavy (non-hydrogen) atoms. The average molecular weight is 269 g/mol. The van der Waals surface area contributed by atoms with Crippen molar-refractivity contribution in [2.24, 2.45) is 5.11 Å². The fourth-order valence-corrected chi connectivity index (χ4v) is 1.78. The summed E-state index contributed by atoms with van der Waals surface area (Å²) in [6, 6.07) is 7.79. The molecule has 0 saturated heterocycles. The summed E-state index contributed by atoms with van der Waals surface area (Å²) < 4.78 is 2.54. The molecule has 1 heterocycles. The quantitative estimate of drug-likeness (QED) is 0.227. The van der Waals surface area contributed by atoms with Gasteiger partial charge in [0.2, 0.25) is 0 Å². The van der Waals surface area contributed by atoms with E-state index in [9.17, 15) is 0 Å². The number of aromatic amines is 1. The van der Waals surface area contributed by atoms with E-state index in [1.165, 1.54) is 0 Å². The third-order valence-corrected chi connectivity index (χ3v) is 2.74. The molecule has 0 amide bonds. The molecule has 2 rings (SSSR count). The third-order valence-electron chi connectivity index (χ3n) is 2.43. The van der Waals surface area contributed by atoms with Crippen LogP contribution in [0.2, 0.25) is 0 Å². The summed E-state index contributed by atoms with van der Waals surface area (Å²) in [5.41, 5.74) is 10.0. The molecule has 0 spiro atoms. The lowest BCUT2D eigenvalue weighted by Gasteiger charge is -2.01. The number of imidazole rings is 1. The minimum atomic E-state index is 0.403. The molecular weight excluding hydrogens is 258 g/mol.